The van der Waals surface area contributed by atoms with Gasteiger partial charge in [0.2, 0.25) is 0 Å². The van der Waals surface area contributed by atoms with Gasteiger partial charge in [-0.15, -0.1) is 0 Å². The summed E-state index contributed by atoms with van der Waals surface area (Å²) in [5.74, 6) is 0.877. The van der Waals surface area contributed by atoms with Crippen molar-refractivity contribution >= 4 is 25.5 Å². The molecule has 97 valence electrons. The van der Waals surface area contributed by atoms with E-state index in [2.05, 4.69) is 20.1 Å². The number of ketones is 1. The first-order valence-corrected chi connectivity index (χ1v) is 12.8. The molecule has 0 atom stereocenters. The Bertz CT molecular complexity index is 227. The van der Waals surface area contributed by atoms with Crippen LogP contribution in [-0.2, 0) is 4.79 Å². The molecule has 0 saturated heterocycles. The number of unbranched alkanes of at least 4 members (excludes halogenated alkanes) is 1. The van der Waals surface area contributed by atoms with Gasteiger partial charge in [0, 0.05) is 0 Å². The summed E-state index contributed by atoms with van der Waals surface area (Å²) in [7, 11) is 0. The zero-order valence-corrected chi connectivity index (χ0v) is 14.4. The first-order chi connectivity index (χ1) is 8.13. The van der Waals surface area contributed by atoms with Gasteiger partial charge < -0.3 is 0 Å². The average Bonchev–Trinajstić information content (AvgIpc) is 2.30. The van der Waals surface area contributed by atoms with Crippen LogP contribution in [0.15, 0.2) is 25.3 Å². The Labute approximate surface area is 114 Å². The van der Waals surface area contributed by atoms with Gasteiger partial charge in [0.1, 0.15) is 0 Å². The van der Waals surface area contributed by atoms with Gasteiger partial charge in [0.05, 0.1) is 0 Å². The van der Waals surface area contributed by atoms with Crippen LogP contribution in [0, 0.1) is 5.92 Å². The van der Waals surface area contributed by atoms with Crippen LogP contribution in [0.4, 0.5) is 0 Å². The van der Waals surface area contributed by atoms with Gasteiger partial charge in [-0.2, -0.15) is 0 Å². The molecule has 1 nitrogen and oxygen atoms in total. The van der Waals surface area contributed by atoms with E-state index in [1.165, 1.54) is 34.6 Å². The van der Waals surface area contributed by atoms with Crippen molar-refractivity contribution in [3.63, 3.8) is 0 Å². The standard InChI is InChI=1S/C8H13.C4H9.C3H5O.Sn/c1-4-7-8(5-2)6-3;1-3-4-2;1-3(2)4;/h5-6,8H,1-4,7H2;1,3-4H2,2H3;1H2,2H3;. The Morgan fingerprint density at radius 3 is 2.29 bits per heavy atom. The molecular weight excluding hydrogens is 315 g/mol. The third-order valence-corrected chi connectivity index (χ3v) is 12.0. The van der Waals surface area contributed by atoms with E-state index in [1.807, 2.05) is 12.2 Å². The Hall–Kier alpha value is -0.0513. The fourth-order valence-corrected chi connectivity index (χ4v) is 10.2. The molecule has 0 fully saturated rings. The number of hydrogen-bond acceptors (Lipinski definition) is 1. The van der Waals surface area contributed by atoms with E-state index in [9.17, 15) is 4.79 Å². The second-order valence-corrected chi connectivity index (χ2v) is 12.9. The average molecular weight is 342 g/mol. The molecule has 2 heteroatoms. The molecule has 0 unspecified atom stereocenters. The van der Waals surface area contributed by atoms with Crippen LogP contribution in [0.5, 0.6) is 0 Å². The molecule has 0 saturated carbocycles. The van der Waals surface area contributed by atoms with Gasteiger partial charge in [-0.1, -0.05) is 0 Å². The summed E-state index contributed by atoms with van der Waals surface area (Å²) < 4.78 is 3.71. The third-order valence-electron chi connectivity index (χ3n) is 3.06. The van der Waals surface area contributed by atoms with Crippen LogP contribution in [-0.4, -0.2) is 25.5 Å². The Kier molecular flexibility index (Phi) is 11.0. The maximum atomic E-state index is 11.2. The number of carbonyl (C=O) groups is 1. The molecule has 0 aromatic rings. The van der Waals surface area contributed by atoms with E-state index < -0.39 is 19.8 Å². The summed E-state index contributed by atoms with van der Waals surface area (Å²) in [6.45, 7) is 11.6. The van der Waals surface area contributed by atoms with Crippen molar-refractivity contribution < 1.29 is 4.79 Å². The van der Waals surface area contributed by atoms with Crippen molar-refractivity contribution in [3.8, 4) is 0 Å². The molecule has 0 bridgehead atoms. The SMILES string of the molecule is C=CC(C=C)CC[CH2][Sn]([CH2]CCC)[CH2]C(C)=O. The number of allylic oxidation sites excluding steroid dienone is 2. The van der Waals surface area contributed by atoms with Crippen LogP contribution in [0.3, 0.4) is 0 Å². The molecule has 0 aromatic carbocycles. The monoisotopic (exact) mass is 343 g/mol. The minimum atomic E-state index is -1.39. The first kappa shape index (κ1) is 16.9. The van der Waals surface area contributed by atoms with Gasteiger partial charge in [-0.25, -0.2) is 0 Å². The minimum absolute atomic E-state index is 0.416. The van der Waals surface area contributed by atoms with E-state index in [4.69, 9.17) is 0 Å². The van der Waals surface area contributed by atoms with Crippen LogP contribution in [0.2, 0.25) is 13.3 Å². The van der Waals surface area contributed by atoms with E-state index in [0.29, 0.717) is 11.7 Å². The van der Waals surface area contributed by atoms with Gasteiger partial charge >= 0.3 is 114 Å². The second-order valence-electron chi connectivity index (χ2n) is 4.76. The third kappa shape index (κ3) is 9.63. The molecule has 0 aliphatic rings. The summed E-state index contributed by atoms with van der Waals surface area (Å²) in [5, 5.41) is 0. The van der Waals surface area contributed by atoms with Crippen molar-refractivity contribution in [2.75, 3.05) is 0 Å². The summed E-state index contributed by atoms with van der Waals surface area (Å²) in [5.41, 5.74) is 0. The number of rotatable bonds is 11. The topological polar surface area (TPSA) is 17.1 Å². The van der Waals surface area contributed by atoms with Crippen molar-refractivity contribution in [3.05, 3.63) is 25.3 Å². The molecule has 0 aromatic heterocycles. The van der Waals surface area contributed by atoms with Crippen LogP contribution >= 0.6 is 0 Å². The fourth-order valence-electron chi connectivity index (χ4n) is 2.00. The van der Waals surface area contributed by atoms with Gasteiger partial charge in [-0.05, 0) is 0 Å². The Balaban J connectivity index is 3.92. The zero-order valence-electron chi connectivity index (χ0n) is 11.5. The second kappa shape index (κ2) is 11.1. The summed E-state index contributed by atoms with van der Waals surface area (Å²) in [6, 6.07) is 0. The molecule has 0 rings (SSSR count). The normalized spacial score (nSPS) is 10.8. The quantitative estimate of drug-likeness (QED) is 0.395. The van der Waals surface area contributed by atoms with E-state index in [-0.39, 0.29) is 0 Å². The Morgan fingerprint density at radius 2 is 1.82 bits per heavy atom. The molecule has 1 radical (unpaired) electrons. The van der Waals surface area contributed by atoms with Crippen molar-refractivity contribution in [1.82, 2.24) is 0 Å². The molecule has 17 heavy (non-hydrogen) atoms. The molecule has 0 N–H and O–H groups in total. The first-order valence-electron chi connectivity index (χ1n) is 6.72. The van der Waals surface area contributed by atoms with E-state index >= 15 is 0 Å². The van der Waals surface area contributed by atoms with Crippen LogP contribution in [0.25, 0.3) is 0 Å². The summed E-state index contributed by atoms with van der Waals surface area (Å²) >= 11 is -1.39. The van der Waals surface area contributed by atoms with Crippen LogP contribution in [0.1, 0.15) is 39.5 Å². The predicted octanol–water partition coefficient (Wildman–Crippen LogP) is 4.64. The van der Waals surface area contributed by atoms with Crippen molar-refractivity contribution in [2.24, 2.45) is 5.92 Å². The summed E-state index contributed by atoms with van der Waals surface area (Å²) in [4.78, 5) is 11.2. The van der Waals surface area contributed by atoms with Crippen LogP contribution < -0.4 is 0 Å². The number of hydrogen-bond donors (Lipinski definition) is 0. The molecule has 0 spiro atoms. The fraction of sp³-hybridized carbons (Fsp3) is 0.667. The van der Waals surface area contributed by atoms with Gasteiger partial charge in [0.15, 0.2) is 0 Å². The van der Waals surface area contributed by atoms with E-state index in [1.54, 1.807) is 6.92 Å². The van der Waals surface area contributed by atoms with E-state index in [0.717, 1.165) is 4.44 Å². The predicted molar refractivity (Wildman–Crippen MR) is 78.9 cm³/mol. The molecule has 0 aliphatic carbocycles. The number of Topliss-reactive ketones (excluding diaryl/α,β-unsaturated/α-hetero) is 1. The molecular formula is C15H27OSn. The molecule has 0 amide bonds. The molecule has 0 heterocycles. The maximum absolute atomic E-state index is 11.2. The van der Waals surface area contributed by atoms with Crippen molar-refractivity contribution in [1.29, 1.82) is 0 Å². The molecule has 0 aliphatic heterocycles. The number of carbonyl (C=O) groups excluding carboxylic acids is 1. The zero-order chi connectivity index (χ0) is 13.1. The Morgan fingerprint density at radius 1 is 1.24 bits per heavy atom. The van der Waals surface area contributed by atoms with Gasteiger partial charge in [0.25, 0.3) is 0 Å². The van der Waals surface area contributed by atoms with Gasteiger partial charge in [-0.3, -0.25) is 0 Å². The summed E-state index contributed by atoms with van der Waals surface area (Å²) in [6.07, 6.45) is 8.98. The van der Waals surface area contributed by atoms with Crippen molar-refractivity contribution in [2.45, 2.75) is 52.8 Å².